The zero-order valence-electron chi connectivity index (χ0n) is 16.0. The monoisotopic (exact) mass is 389 g/mol. The van der Waals surface area contributed by atoms with Gasteiger partial charge in [-0.25, -0.2) is 0 Å². The third-order valence-electron chi connectivity index (χ3n) is 5.16. The van der Waals surface area contributed by atoms with Gasteiger partial charge < -0.3 is 20.5 Å². The van der Waals surface area contributed by atoms with E-state index in [1.165, 1.54) is 0 Å². The van der Waals surface area contributed by atoms with Gasteiger partial charge in [0.05, 0.1) is 6.54 Å². The minimum Gasteiger partial charge on any atom is -0.484 e. The van der Waals surface area contributed by atoms with Crippen molar-refractivity contribution in [2.24, 2.45) is 5.92 Å². The number of carboxylic acids is 1. The molecular formula is C20H27N3O5. The van der Waals surface area contributed by atoms with Crippen LogP contribution in [-0.2, 0) is 14.4 Å². The number of hydrogen-bond acceptors (Lipinski definition) is 5. The fourth-order valence-electron chi connectivity index (χ4n) is 3.35. The van der Waals surface area contributed by atoms with Crippen LogP contribution >= 0.6 is 0 Å². The predicted octanol–water partition coefficient (Wildman–Crippen LogP) is 1.47. The number of nitrogens with one attached hydrogen (secondary N) is 2. The second kappa shape index (κ2) is 9.05. The van der Waals surface area contributed by atoms with Crippen molar-refractivity contribution in [2.75, 3.05) is 25.0 Å². The van der Waals surface area contributed by atoms with Crippen LogP contribution < -0.4 is 15.4 Å². The van der Waals surface area contributed by atoms with Crippen LogP contribution in [0, 0.1) is 5.92 Å². The Morgan fingerprint density at radius 2 is 2.00 bits per heavy atom. The lowest BCUT2D eigenvalue weighted by Crippen LogP contribution is -2.55. The molecule has 1 aromatic rings. The molecule has 0 unspecified atom stereocenters. The van der Waals surface area contributed by atoms with E-state index in [1.807, 2.05) is 11.8 Å². The van der Waals surface area contributed by atoms with Crippen molar-refractivity contribution in [3.8, 4) is 5.75 Å². The number of aliphatic carboxylic acids is 1. The minimum absolute atomic E-state index is 0.0263. The lowest BCUT2D eigenvalue weighted by Gasteiger charge is -2.42. The van der Waals surface area contributed by atoms with Crippen LogP contribution in [0.5, 0.6) is 5.75 Å². The summed E-state index contributed by atoms with van der Waals surface area (Å²) in [5.74, 6) is -0.372. The smallest absolute Gasteiger partial charge is 0.317 e. The summed E-state index contributed by atoms with van der Waals surface area (Å²) in [5, 5.41) is 14.7. The van der Waals surface area contributed by atoms with Gasteiger partial charge in [0, 0.05) is 29.8 Å². The maximum absolute atomic E-state index is 12.1. The van der Waals surface area contributed by atoms with E-state index < -0.39 is 5.97 Å². The first-order valence-corrected chi connectivity index (χ1v) is 9.73. The van der Waals surface area contributed by atoms with Crippen molar-refractivity contribution >= 4 is 23.5 Å². The first kappa shape index (κ1) is 20.1. The summed E-state index contributed by atoms with van der Waals surface area (Å²) in [6, 6.07) is 7.25. The van der Waals surface area contributed by atoms with E-state index in [0.29, 0.717) is 18.0 Å². The van der Waals surface area contributed by atoms with Crippen molar-refractivity contribution in [1.29, 1.82) is 0 Å². The Morgan fingerprint density at radius 1 is 1.25 bits per heavy atom. The Morgan fingerprint density at radius 3 is 2.64 bits per heavy atom. The standard InChI is InChI=1S/C20H27N3O5/c1-2-23(11-19(25)26)16-8-15(9-16)21-18(24)12-28-17-5-3-4-14(10-17)22-20(27)13-6-7-13/h3-5,10,13,15-16H,2,6-9,11-12H2,1H3,(H,21,24)(H,22,27)(H,25,26). The SMILES string of the molecule is CCN(CC(=O)O)C1CC(NC(=O)COc2cccc(NC(=O)C3CC3)c2)C1. The lowest BCUT2D eigenvalue weighted by molar-refractivity contribution is -0.140. The topological polar surface area (TPSA) is 108 Å². The van der Waals surface area contributed by atoms with Crippen LogP contribution in [0.3, 0.4) is 0 Å². The Balaban J connectivity index is 1.38. The summed E-state index contributed by atoms with van der Waals surface area (Å²) in [4.78, 5) is 36.7. The second-order valence-electron chi connectivity index (χ2n) is 7.43. The molecule has 3 rings (SSSR count). The predicted molar refractivity (Wildman–Crippen MR) is 103 cm³/mol. The lowest BCUT2D eigenvalue weighted by atomic mass is 9.85. The molecule has 8 nitrogen and oxygen atoms in total. The molecule has 3 N–H and O–H groups in total. The zero-order valence-corrected chi connectivity index (χ0v) is 16.0. The average molecular weight is 389 g/mol. The van der Waals surface area contributed by atoms with Crippen molar-refractivity contribution in [2.45, 2.75) is 44.7 Å². The average Bonchev–Trinajstić information content (AvgIpc) is 3.46. The Hall–Kier alpha value is -2.61. The number of likely N-dealkylation sites (N-methyl/N-ethyl adjacent to an activating group) is 1. The number of ether oxygens (including phenoxy) is 1. The fraction of sp³-hybridized carbons (Fsp3) is 0.550. The van der Waals surface area contributed by atoms with Crippen molar-refractivity contribution in [3.05, 3.63) is 24.3 Å². The van der Waals surface area contributed by atoms with Crippen LogP contribution in [0.4, 0.5) is 5.69 Å². The number of rotatable bonds is 10. The van der Waals surface area contributed by atoms with Gasteiger partial charge in [-0.2, -0.15) is 0 Å². The van der Waals surface area contributed by atoms with E-state index in [4.69, 9.17) is 9.84 Å². The van der Waals surface area contributed by atoms with Gasteiger partial charge in [0.1, 0.15) is 5.75 Å². The largest absolute Gasteiger partial charge is 0.484 e. The van der Waals surface area contributed by atoms with Gasteiger partial charge >= 0.3 is 5.97 Å². The number of carboxylic acid groups (broad SMARTS) is 1. The van der Waals surface area contributed by atoms with Crippen LogP contribution in [0.15, 0.2) is 24.3 Å². The molecule has 0 aliphatic heterocycles. The summed E-state index contributed by atoms with van der Waals surface area (Å²) in [6.07, 6.45) is 3.37. The minimum atomic E-state index is -0.835. The summed E-state index contributed by atoms with van der Waals surface area (Å²) in [5.41, 5.74) is 0.662. The molecule has 0 radical (unpaired) electrons. The molecule has 0 aromatic heterocycles. The molecule has 0 atom stereocenters. The number of carbonyl (C=O) groups is 3. The molecule has 2 amide bonds. The molecule has 0 heterocycles. The molecule has 0 saturated heterocycles. The van der Waals surface area contributed by atoms with Crippen LogP contribution in [-0.4, -0.2) is 59.6 Å². The van der Waals surface area contributed by atoms with Gasteiger partial charge in [-0.05, 0) is 44.4 Å². The van der Waals surface area contributed by atoms with Gasteiger partial charge in [-0.15, -0.1) is 0 Å². The summed E-state index contributed by atoms with van der Waals surface area (Å²) in [7, 11) is 0. The Labute approximate surface area is 164 Å². The van der Waals surface area contributed by atoms with E-state index in [-0.39, 0.29) is 43.0 Å². The first-order chi connectivity index (χ1) is 13.4. The highest BCUT2D eigenvalue weighted by Crippen LogP contribution is 2.30. The Bertz CT molecular complexity index is 728. The molecule has 2 aliphatic rings. The molecule has 0 bridgehead atoms. The van der Waals surface area contributed by atoms with E-state index in [1.54, 1.807) is 24.3 Å². The highest BCUT2D eigenvalue weighted by Gasteiger charge is 2.34. The number of anilines is 1. The van der Waals surface area contributed by atoms with Crippen molar-refractivity contribution in [3.63, 3.8) is 0 Å². The van der Waals surface area contributed by atoms with Crippen LogP contribution in [0.25, 0.3) is 0 Å². The number of benzene rings is 1. The summed E-state index contributed by atoms with van der Waals surface area (Å²) < 4.78 is 5.53. The normalized spacial score (nSPS) is 20.9. The van der Waals surface area contributed by atoms with Crippen LogP contribution in [0.1, 0.15) is 32.6 Å². The molecule has 8 heteroatoms. The summed E-state index contributed by atoms with van der Waals surface area (Å²) >= 11 is 0. The third-order valence-corrected chi connectivity index (χ3v) is 5.16. The third kappa shape index (κ3) is 5.69. The van der Waals surface area contributed by atoms with E-state index in [0.717, 1.165) is 25.7 Å². The highest BCUT2D eigenvalue weighted by atomic mass is 16.5. The quantitative estimate of drug-likeness (QED) is 0.559. The van der Waals surface area contributed by atoms with Crippen molar-refractivity contribution in [1.82, 2.24) is 10.2 Å². The van der Waals surface area contributed by atoms with Gasteiger partial charge in [0.2, 0.25) is 5.91 Å². The van der Waals surface area contributed by atoms with Crippen molar-refractivity contribution < 1.29 is 24.2 Å². The molecule has 1 aromatic carbocycles. The van der Waals surface area contributed by atoms with Gasteiger partial charge in [-0.1, -0.05) is 13.0 Å². The molecule has 0 spiro atoms. The molecule has 152 valence electrons. The molecular weight excluding hydrogens is 362 g/mol. The Kier molecular flexibility index (Phi) is 6.51. The second-order valence-corrected chi connectivity index (χ2v) is 7.43. The number of amides is 2. The zero-order chi connectivity index (χ0) is 20.1. The molecule has 2 aliphatic carbocycles. The molecule has 28 heavy (non-hydrogen) atoms. The van der Waals surface area contributed by atoms with E-state index >= 15 is 0 Å². The highest BCUT2D eigenvalue weighted by molar-refractivity contribution is 5.94. The van der Waals surface area contributed by atoms with Gasteiger partial charge in [0.25, 0.3) is 5.91 Å². The first-order valence-electron chi connectivity index (χ1n) is 9.73. The van der Waals surface area contributed by atoms with Gasteiger partial charge in [-0.3, -0.25) is 19.3 Å². The summed E-state index contributed by atoms with van der Waals surface area (Å²) in [6.45, 7) is 2.53. The number of hydrogen-bond donors (Lipinski definition) is 3. The molecule has 2 saturated carbocycles. The van der Waals surface area contributed by atoms with Crippen LogP contribution in [0.2, 0.25) is 0 Å². The van der Waals surface area contributed by atoms with E-state index in [2.05, 4.69) is 10.6 Å². The molecule has 2 fully saturated rings. The number of nitrogens with zero attached hydrogens (tertiary/aromatic N) is 1. The number of carbonyl (C=O) groups excluding carboxylic acids is 2. The van der Waals surface area contributed by atoms with Gasteiger partial charge in [0.15, 0.2) is 6.61 Å². The maximum Gasteiger partial charge on any atom is 0.317 e. The van der Waals surface area contributed by atoms with E-state index in [9.17, 15) is 14.4 Å². The fourth-order valence-corrected chi connectivity index (χ4v) is 3.35. The maximum atomic E-state index is 12.1.